The van der Waals surface area contributed by atoms with Crippen LogP contribution in [0.5, 0.6) is 11.5 Å². The lowest BCUT2D eigenvalue weighted by Crippen LogP contribution is -2.27. The Hall–Kier alpha value is -3.54. The Labute approximate surface area is 181 Å². The third-order valence-electron chi connectivity index (χ3n) is 6.15. The van der Waals surface area contributed by atoms with Gasteiger partial charge in [0.1, 0.15) is 5.82 Å². The first-order valence-electron chi connectivity index (χ1n) is 10.5. The van der Waals surface area contributed by atoms with E-state index in [2.05, 4.69) is 5.32 Å². The number of aromatic nitrogens is 2. The number of fused-ring (bicyclic) bond motifs is 1. The lowest BCUT2D eigenvalue weighted by atomic mass is 9.76. The van der Waals surface area contributed by atoms with Gasteiger partial charge in [0.25, 0.3) is 0 Å². The molecule has 6 nitrogen and oxygen atoms in total. The van der Waals surface area contributed by atoms with Crippen LogP contribution in [0.25, 0.3) is 5.69 Å². The van der Waals surface area contributed by atoms with E-state index in [1.807, 2.05) is 60.1 Å². The molecular formula is C25H25N3O3. The molecule has 1 aliphatic heterocycles. The zero-order valence-electron chi connectivity index (χ0n) is 17.9. The maximum absolute atomic E-state index is 13.1. The first kappa shape index (κ1) is 19.4. The summed E-state index contributed by atoms with van der Waals surface area (Å²) in [5.74, 6) is 2.25. The summed E-state index contributed by atoms with van der Waals surface area (Å²) in [6.07, 6.45) is 2.28. The summed E-state index contributed by atoms with van der Waals surface area (Å²) in [6.45, 7) is 2.01. The molecule has 1 atom stereocenters. The number of methoxy groups -OCH3 is 2. The average Bonchev–Trinajstić information content (AvgIpc) is 3.14. The van der Waals surface area contributed by atoms with Crippen molar-refractivity contribution in [1.29, 1.82) is 0 Å². The fourth-order valence-electron chi connectivity index (χ4n) is 4.74. The van der Waals surface area contributed by atoms with Crippen molar-refractivity contribution in [3.63, 3.8) is 0 Å². The first-order chi connectivity index (χ1) is 15.1. The van der Waals surface area contributed by atoms with Crippen LogP contribution in [-0.2, 0) is 4.79 Å². The number of benzene rings is 2. The number of rotatable bonds is 4. The number of Topliss-reactive ketones (excluding diaryl/α,β-unsaturated/α-hetero) is 1. The van der Waals surface area contributed by atoms with E-state index in [1.165, 1.54) is 0 Å². The molecule has 1 aliphatic carbocycles. The number of allylic oxidation sites excluding steroid dienone is 2. The minimum Gasteiger partial charge on any atom is -0.493 e. The fourth-order valence-corrected chi connectivity index (χ4v) is 4.74. The molecule has 158 valence electrons. The highest BCUT2D eigenvalue weighted by Crippen LogP contribution is 2.48. The third kappa shape index (κ3) is 3.10. The van der Waals surface area contributed by atoms with Gasteiger partial charge in [-0.2, -0.15) is 5.10 Å². The quantitative estimate of drug-likeness (QED) is 0.665. The van der Waals surface area contributed by atoms with Crippen LogP contribution >= 0.6 is 0 Å². The van der Waals surface area contributed by atoms with Crippen LogP contribution in [-0.4, -0.2) is 29.8 Å². The van der Waals surface area contributed by atoms with Crippen LogP contribution in [0.15, 0.2) is 59.8 Å². The molecule has 0 spiro atoms. The summed E-state index contributed by atoms with van der Waals surface area (Å²) < 4.78 is 12.9. The predicted octanol–water partition coefficient (Wildman–Crippen LogP) is 4.76. The second kappa shape index (κ2) is 7.61. The van der Waals surface area contributed by atoms with Crippen molar-refractivity contribution in [2.45, 2.75) is 32.1 Å². The molecule has 6 heteroatoms. The number of nitrogens with one attached hydrogen (secondary N) is 1. The summed E-state index contributed by atoms with van der Waals surface area (Å²) >= 11 is 0. The van der Waals surface area contributed by atoms with Crippen molar-refractivity contribution in [2.75, 3.05) is 19.5 Å². The molecule has 3 aromatic rings. The van der Waals surface area contributed by atoms with E-state index in [-0.39, 0.29) is 11.7 Å². The van der Waals surface area contributed by atoms with Gasteiger partial charge in [0.15, 0.2) is 17.3 Å². The van der Waals surface area contributed by atoms with Crippen molar-refractivity contribution >= 4 is 11.6 Å². The highest BCUT2D eigenvalue weighted by Gasteiger charge is 2.39. The minimum atomic E-state index is -0.198. The molecule has 31 heavy (non-hydrogen) atoms. The molecule has 2 aliphatic rings. The molecule has 2 aromatic carbocycles. The molecule has 5 rings (SSSR count). The second-order valence-corrected chi connectivity index (χ2v) is 7.94. The summed E-state index contributed by atoms with van der Waals surface area (Å²) in [7, 11) is 3.25. The van der Waals surface area contributed by atoms with E-state index in [1.54, 1.807) is 14.2 Å². The molecule has 0 radical (unpaired) electrons. The molecular weight excluding hydrogens is 390 g/mol. The van der Waals surface area contributed by atoms with Crippen molar-refractivity contribution in [3.05, 3.63) is 76.6 Å². The Morgan fingerprint density at radius 3 is 2.55 bits per heavy atom. The van der Waals surface area contributed by atoms with Crippen molar-refractivity contribution in [1.82, 2.24) is 9.78 Å². The normalized spacial score (nSPS) is 17.6. The van der Waals surface area contributed by atoms with E-state index < -0.39 is 0 Å². The van der Waals surface area contributed by atoms with Gasteiger partial charge in [0.2, 0.25) is 0 Å². The van der Waals surface area contributed by atoms with Crippen molar-refractivity contribution < 1.29 is 14.3 Å². The molecule has 0 unspecified atom stereocenters. The number of nitrogens with zero attached hydrogens (tertiary/aromatic N) is 2. The number of ether oxygens (including phenoxy) is 2. The van der Waals surface area contributed by atoms with Gasteiger partial charge >= 0.3 is 0 Å². The van der Waals surface area contributed by atoms with Crippen LogP contribution < -0.4 is 14.8 Å². The van der Waals surface area contributed by atoms with Gasteiger partial charge in [-0.05, 0) is 49.6 Å². The number of hydrogen-bond donors (Lipinski definition) is 1. The molecule has 0 fully saturated rings. The van der Waals surface area contributed by atoms with Gasteiger partial charge < -0.3 is 14.8 Å². The fraction of sp³-hybridized carbons (Fsp3) is 0.280. The number of carbonyl (C=O) groups is 1. The Morgan fingerprint density at radius 2 is 1.81 bits per heavy atom. The lowest BCUT2D eigenvalue weighted by molar-refractivity contribution is -0.116. The second-order valence-electron chi connectivity index (χ2n) is 7.94. The van der Waals surface area contributed by atoms with Gasteiger partial charge in [-0.25, -0.2) is 4.68 Å². The van der Waals surface area contributed by atoms with Gasteiger partial charge in [-0.3, -0.25) is 4.79 Å². The predicted molar refractivity (Wildman–Crippen MR) is 119 cm³/mol. The van der Waals surface area contributed by atoms with E-state index >= 15 is 0 Å². The van der Waals surface area contributed by atoms with Crippen LogP contribution in [0, 0.1) is 6.92 Å². The maximum Gasteiger partial charge on any atom is 0.161 e. The van der Waals surface area contributed by atoms with E-state index in [9.17, 15) is 4.79 Å². The zero-order chi connectivity index (χ0) is 21.5. The van der Waals surface area contributed by atoms with Gasteiger partial charge in [-0.15, -0.1) is 0 Å². The van der Waals surface area contributed by atoms with E-state index in [4.69, 9.17) is 14.6 Å². The van der Waals surface area contributed by atoms with E-state index in [0.717, 1.165) is 52.4 Å². The maximum atomic E-state index is 13.1. The largest absolute Gasteiger partial charge is 0.493 e. The summed E-state index contributed by atoms with van der Waals surface area (Å²) in [6, 6.07) is 16.0. The van der Waals surface area contributed by atoms with Crippen molar-refractivity contribution in [3.8, 4) is 17.2 Å². The number of carbonyl (C=O) groups excluding carboxylic acids is 1. The molecule has 1 N–H and O–H groups in total. The summed E-state index contributed by atoms with van der Waals surface area (Å²) in [4.78, 5) is 13.1. The number of ketones is 1. The van der Waals surface area contributed by atoms with Gasteiger partial charge in [0.05, 0.1) is 25.6 Å². The Morgan fingerprint density at radius 1 is 1.03 bits per heavy atom. The van der Waals surface area contributed by atoms with Crippen molar-refractivity contribution in [2.24, 2.45) is 0 Å². The van der Waals surface area contributed by atoms with Crippen LogP contribution in [0.2, 0.25) is 0 Å². The number of aryl methyl sites for hydroxylation is 1. The number of anilines is 1. The van der Waals surface area contributed by atoms with Gasteiger partial charge in [-0.1, -0.05) is 24.3 Å². The molecule has 0 bridgehead atoms. The number of para-hydroxylation sites is 1. The molecule has 0 saturated heterocycles. The van der Waals surface area contributed by atoms with E-state index in [0.29, 0.717) is 17.9 Å². The van der Waals surface area contributed by atoms with Crippen LogP contribution in [0.4, 0.5) is 5.82 Å². The third-order valence-corrected chi connectivity index (χ3v) is 6.15. The monoisotopic (exact) mass is 415 g/mol. The Balaban J connectivity index is 1.74. The van der Waals surface area contributed by atoms with Gasteiger partial charge in [0, 0.05) is 29.2 Å². The Kier molecular flexibility index (Phi) is 4.77. The number of hydrogen-bond acceptors (Lipinski definition) is 5. The lowest BCUT2D eigenvalue weighted by Gasteiger charge is -2.33. The molecule has 0 amide bonds. The highest BCUT2D eigenvalue weighted by molar-refractivity contribution is 6.01. The summed E-state index contributed by atoms with van der Waals surface area (Å²) in [5, 5.41) is 8.43. The molecule has 0 saturated carbocycles. The van der Waals surface area contributed by atoms with Crippen LogP contribution in [0.1, 0.15) is 42.0 Å². The molecule has 1 aromatic heterocycles. The minimum absolute atomic E-state index is 0.198. The zero-order valence-corrected chi connectivity index (χ0v) is 17.9. The summed E-state index contributed by atoms with van der Waals surface area (Å²) in [5.41, 5.74) is 5.76. The Bertz CT molecular complexity index is 1190. The smallest absolute Gasteiger partial charge is 0.161 e. The van der Waals surface area contributed by atoms with Crippen LogP contribution in [0.3, 0.4) is 0 Å². The topological polar surface area (TPSA) is 65.4 Å². The molecule has 2 heterocycles. The standard InChI is InChI=1S/C25H25N3O3/c1-15-22-23(16-12-13-20(30-2)21(14-16)31-3)24-18(10-7-11-19(24)29)26-25(22)28(27-15)17-8-5-4-6-9-17/h4-6,8-9,12-14,23,26H,7,10-11H2,1-3H3/t23-/m0/s1. The first-order valence-corrected chi connectivity index (χ1v) is 10.5. The average molecular weight is 415 g/mol. The highest BCUT2D eigenvalue weighted by atomic mass is 16.5. The SMILES string of the molecule is COc1ccc([C@@H]2C3=C(CCCC3=O)Nc3c2c(C)nn3-c2ccccc2)cc1OC.